The largest absolute Gasteiger partial charge is 0.493 e. The highest BCUT2D eigenvalue weighted by Crippen LogP contribution is 2.28. The normalized spacial score (nSPS) is 10.6. The van der Waals surface area contributed by atoms with Crippen molar-refractivity contribution in [1.82, 2.24) is 5.43 Å². The number of anilines is 1. The fourth-order valence-electron chi connectivity index (χ4n) is 2.96. The Morgan fingerprint density at radius 1 is 0.938 bits per heavy atom. The molecule has 3 aromatic rings. The molecule has 0 saturated heterocycles. The van der Waals surface area contributed by atoms with Gasteiger partial charge in [0.05, 0.1) is 31.7 Å². The Morgan fingerprint density at radius 3 is 2.44 bits per heavy atom. The van der Waals surface area contributed by atoms with E-state index in [1.165, 1.54) is 14.2 Å². The molecule has 2 N–H and O–H groups in total. The van der Waals surface area contributed by atoms with Gasteiger partial charge in [-0.15, -0.1) is 0 Å². The highest BCUT2D eigenvalue weighted by Gasteiger charge is 2.16. The van der Waals surface area contributed by atoms with E-state index >= 15 is 0 Å². The van der Waals surface area contributed by atoms with E-state index < -0.39 is 11.8 Å². The zero-order chi connectivity index (χ0) is 23.1. The quantitative estimate of drug-likeness (QED) is 0.364. The third kappa shape index (κ3) is 5.73. The lowest BCUT2D eigenvalue weighted by Gasteiger charge is -2.12. The third-order valence-electron chi connectivity index (χ3n) is 4.54. The first-order valence-corrected chi connectivity index (χ1v) is 10.4. The molecular formula is C24H22BrN3O4. The summed E-state index contributed by atoms with van der Waals surface area (Å²) >= 11 is 3.36. The molecule has 0 aliphatic carbocycles. The van der Waals surface area contributed by atoms with Crippen molar-refractivity contribution < 1.29 is 19.1 Å². The van der Waals surface area contributed by atoms with Crippen molar-refractivity contribution in [2.45, 2.75) is 6.92 Å². The van der Waals surface area contributed by atoms with Crippen molar-refractivity contribution in [1.29, 1.82) is 0 Å². The number of hydrogen-bond donors (Lipinski definition) is 2. The van der Waals surface area contributed by atoms with Crippen LogP contribution in [0.25, 0.3) is 0 Å². The fraction of sp³-hybridized carbons (Fsp3) is 0.125. The van der Waals surface area contributed by atoms with Gasteiger partial charge < -0.3 is 14.8 Å². The summed E-state index contributed by atoms with van der Waals surface area (Å²) in [6.45, 7) is 1.98. The Balaban J connectivity index is 1.78. The first-order valence-electron chi connectivity index (χ1n) is 9.64. The van der Waals surface area contributed by atoms with E-state index in [1.807, 2.05) is 31.2 Å². The lowest BCUT2D eigenvalue weighted by Crippen LogP contribution is -2.21. The number of carbonyl (C=O) groups is 2. The molecule has 0 aliphatic rings. The van der Waals surface area contributed by atoms with Gasteiger partial charge in [-0.1, -0.05) is 45.8 Å². The van der Waals surface area contributed by atoms with Gasteiger partial charge in [0.15, 0.2) is 11.5 Å². The Bertz CT molecular complexity index is 1180. The van der Waals surface area contributed by atoms with Crippen molar-refractivity contribution >= 4 is 39.6 Å². The number of halogens is 1. The molecule has 3 aromatic carbocycles. The number of aryl methyl sites for hydroxylation is 1. The summed E-state index contributed by atoms with van der Waals surface area (Å²) in [5.74, 6) is 0.0852. The lowest BCUT2D eigenvalue weighted by molar-refractivity contribution is 0.0956. The zero-order valence-corrected chi connectivity index (χ0v) is 19.4. The maximum atomic E-state index is 12.8. The first-order chi connectivity index (χ1) is 15.4. The number of hydrazone groups is 1. The Kier molecular flexibility index (Phi) is 7.62. The topological polar surface area (TPSA) is 89.0 Å². The van der Waals surface area contributed by atoms with Gasteiger partial charge in [0, 0.05) is 10.0 Å². The van der Waals surface area contributed by atoms with Crippen LogP contribution in [-0.4, -0.2) is 32.2 Å². The minimum atomic E-state index is -0.460. The minimum absolute atomic E-state index is 0.259. The van der Waals surface area contributed by atoms with Gasteiger partial charge >= 0.3 is 0 Å². The SMILES string of the molecule is COc1ccc(C(=O)Nc2ccc(Br)cc2C(=O)N/N=C/c2cccc(C)c2)cc1OC. The second-order valence-corrected chi connectivity index (χ2v) is 7.74. The summed E-state index contributed by atoms with van der Waals surface area (Å²) in [6.07, 6.45) is 1.56. The van der Waals surface area contributed by atoms with Gasteiger partial charge in [-0.3, -0.25) is 9.59 Å². The highest BCUT2D eigenvalue weighted by molar-refractivity contribution is 9.10. The van der Waals surface area contributed by atoms with Crippen LogP contribution in [0, 0.1) is 6.92 Å². The maximum absolute atomic E-state index is 12.8. The molecule has 0 atom stereocenters. The molecule has 0 aromatic heterocycles. The highest BCUT2D eigenvalue weighted by atomic mass is 79.9. The summed E-state index contributed by atoms with van der Waals surface area (Å²) < 4.78 is 11.1. The van der Waals surface area contributed by atoms with Gasteiger partial charge in [0.25, 0.3) is 11.8 Å². The molecule has 0 fully saturated rings. The van der Waals surface area contributed by atoms with Gasteiger partial charge in [0.2, 0.25) is 0 Å². The van der Waals surface area contributed by atoms with Gasteiger partial charge in [-0.25, -0.2) is 5.43 Å². The molecule has 2 amide bonds. The average Bonchev–Trinajstić information content (AvgIpc) is 2.79. The lowest BCUT2D eigenvalue weighted by atomic mass is 10.1. The van der Waals surface area contributed by atoms with Crippen LogP contribution < -0.4 is 20.2 Å². The molecule has 0 saturated carbocycles. The maximum Gasteiger partial charge on any atom is 0.273 e. The second kappa shape index (κ2) is 10.6. The molecule has 0 heterocycles. The molecule has 0 bridgehead atoms. The number of hydrogen-bond acceptors (Lipinski definition) is 5. The van der Waals surface area contributed by atoms with Crippen LogP contribution >= 0.6 is 15.9 Å². The minimum Gasteiger partial charge on any atom is -0.493 e. The van der Waals surface area contributed by atoms with E-state index in [0.29, 0.717) is 27.2 Å². The Labute approximate surface area is 194 Å². The smallest absolute Gasteiger partial charge is 0.273 e. The summed E-state index contributed by atoms with van der Waals surface area (Å²) in [5, 5.41) is 6.80. The van der Waals surface area contributed by atoms with E-state index in [9.17, 15) is 9.59 Å². The second-order valence-electron chi connectivity index (χ2n) is 6.83. The number of amides is 2. The number of carbonyl (C=O) groups excluding carboxylic acids is 2. The standard InChI is InChI=1S/C24H22BrN3O4/c1-15-5-4-6-16(11-15)14-26-28-24(30)19-13-18(25)8-9-20(19)27-23(29)17-7-10-21(31-2)22(12-17)32-3/h4-14H,1-3H3,(H,27,29)(H,28,30)/b26-14+. The number of methoxy groups -OCH3 is 2. The molecule has 32 heavy (non-hydrogen) atoms. The van der Waals surface area contributed by atoms with Crippen LogP contribution in [0.2, 0.25) is 0 Å². The van der Waals surface area contributed by atoms with Gasteiger partial charge in [-0.2, -0.15) is 5.10 Å². The number of nitrogens with zero attached hydrogens (tertiary/aromatic N) is 1. The zero-order valence-electron chi connectivity index (χ0n) is 17.8. The van der Waals surface area contributed by atoms with Gasteiger partial charge in [0.1, 0.15) is 0 Å². The van der Waals surface area contributed by atoms with E-state index in [4.69, 9.17) is 9.47 Å². The predicted octanol–water partition coefficient (Wildman–Crippen LogP) is 4.79. The average molecular weight is 496 g/mol. The Hall–Kier alpha value is -3.65. The van der Waals surface area contributed by atoms with Gasteiger partial charge in [-0.05, 0) is 48.9 Å². The Morgan fingerprint density at radius 2 is 1.72 bits per heavy atom. The summed E-state index contributed by atoms with van der Waals surface area (Å²) in [7, 11) is 3.01. The molecule has 0 radical (unpaired) electrons. The molecule has 8 heteroatoms. The van der Waals surface area contributed by atoms with Crippen LogP contribution in [0.15, 0.2) is 70.2 Å². The first kappa shape index (κ1) is 23.0. The van der Waals surface area contributed by atoms with Crippen molar-refractivity contribution in [3.05, 3.63) is 87.4 Å². The van der Waals surface area contributed by atoms with E-state index in [1.54, 1.807) is 42.6 Å². The molecule has 0 aliphatic heterocycles. The van der Waals surface area contributed by atoms with Crippen LogP contribution in [0.3, 0.4) is 0 Å². The van der Waals surface area contributed by atoms with E-state index in [0.717, 1.165) is 11.1 Å². The van der Waals surface area contributed by atoms with Crippen molar-refractivity contribution in [2.24, 2.45) is 5.10 Å². The number of rotatable bonds is 7. The van der Waals surface area contributed by atoms with E-state index in [2.05, 4.69) is 31.8 Å². The van der Waals surface area contributed by atoms with Crippen LogP contribution in [-0.2, 0) is 0 Å². The van der Waals surface area contributed by atoms with E-state index in [-0.39, 0.29) is 5.56 Å². The summed E-state index contributed by atoms with van der Waals surface area (Å²) in [5.41, 5.74) is 5.41. The molecule has 7 nitrogen and oxygen atoms in total. The predicted molar refractivity (Wildman–Crippen MR) is 128 cm³/mol. The summed E-state index contributed by atoms with van der Waals surface area (Å²) in [4.78, 5) is 25.5. The third-order valence-corrected chi connectivity index (χ3v) is 5.04. The monoisotopic (exact) mass is 495 g/mol. The van der Waals surface area contributed by atoms with Crippen LogP contribution in [0.1, 0.15) is 31.8 Å². The molecule has 0 unspecified atom stereocenters. The molecule has 0 spiro atoms. The van der Waals surface area contributed by atoms with Crippen LogP contribution in [0.5, 0.6) is 11.5 Å². The van der Waals surface area contributed by atoms with Crippen LogP contribution in [0.4, 0.5) is 5.69 Å². The number of nitrogens with one attached hydrogen (secondary N) is 2. The number of ether oxygens (including phenoxy) is 2. The molecular weight excluding hydrogens is 474 g/mol. The van der Waals surface area contributed by atoms with Crippen molar-refractivity contribution in [2.75, 3.05) is 19.5 Å². The number of benzene rings is 3. The summed E-state index contributed by atoms with van der Waals surface area (Å²) in [6, 6.07) is 17.5. The molecule has 164 valence electrons. The fourth-order valence-corrected chi connectivity index (χ4v) is 3.32. The van der Waals surface area contributed by atoms with Crippen molar-refractivity contribution in [3.8, 4) is 11.5 Å². The van der Waals surface area contributed by atoms with Crippen molar-refractivity contribution in [3.63, 3.8) is 0 Å². The molecule has 3 rings (SSSR count).